The van der Waals surface area contributed by atoms with Gasteiger partial charge in [0.05, 0.1) is 18.0 Å². The molecule has 0 aliphatic heterocycles. The van der Waals surface area contributed by atoms with Gasteiger partial charge in [0.15, 0.2) is 0 Å². The van der Waals surface area contributed by atoms with E-state index in [0.717, 1.165) is 29.5 Å². The Hall–Kier alpha value is -2.10. The highest BCUT2D eigenvalue weighted by atomic mass is 16.5. The number of pyridine rings is 1. The third-order valence-corrected chi connectivity index (χ3v) is 2.69. The highest BCUT2D eigenvalue weighted by Crippen LogP contribution is 2.18. The van der Waals surface area contributed by atoms with Crippen molar-refractivity contribution in [1.82, 2.24) is 4.98 Å². The Labute approximate surface area is 106 Å². The molecule has 0 saturated heterocycles. The van der Waals surface area contributed by atoms with Crippen LogP contribution in [0, 0.1) is 5.41 Å². The molecule has 0 aliphatic rings. The number of rotatable bonds is 6. The Morgan fingerprint density at radius 1 is 1.28 bits per heavy atom. The lowest BCUT2D eigenvalue weighted by Crippen LogP contribution is -2.09. The summed E-state index contributed by atoms with van der Waals surface area (Å²) in [6, 6.07) is 9.85. The van der Waals surface area contributed by atoms with Crippen LogP contribution < -0.4 is 10.5 Å². The van der Waals surface area contributed by atoms with Gasteiger partial charge in [0, 0.05) is 24.1 Å². The van der Waals surface area contributed by atoms with Gasteiger partial charge in [0.25, 0.3) is 0 Å². The molecule has 0 radical (unpaired) electrons. The lowest BCUT2D eigenvalue weighted by molar-refractivity contribution is 0.308. The van der Waals surface area contributed by atoms with Crippen molar-refractivity contribution in [3.05, 3.63) is 36.5 Å². The molecule has 2 aromatic rings. The maximum Gasteiger partial charge on any atom is 0.121 e. The number of ether oxygens (including phenoxy) is 1. The summed E-state index contributed by atoms with van der Waals surface area (Å²) in [6.07, 6.45) is 4.21. The van der Waals surface area contributed by atoms with Crippen molar-refractivity contribution in [2.75, 3.05) is 6.61 Å². The molecule has 0 bridgehead atoms. The molecule has 0 aliphatic carbocycles. The number of fused-ring (bicyclic) bond motifs is 1. The van der Waals surface area contributed by atoms with Crippen LogP contribution in [-0.2, 0) is 0 Å². The van der Waals surface area contributed by atoms with E-state index < -0.39 is 0 Å². The molecule has 0 spiro atoms. The summed E-state index contributed by atoms with van der Waals surface area (Å²) in [4.78, 5) is 4.28. The molecule has 4 heteroatoms. The molecular formula is C14H17N3O. The molecule has 1 heterocycles. The summed E-state index contributed by atoms with van der Waals surface area (Å²) in [6.45, 7) is 0.644. The van der Waals surface area contributed by atoms with Gasteiger partial charge in [-0.2, -0.15) is 0 Å². The lowest BCUT2D eigenvalue weighted by Gasteiger charge is -2.06. The first-order valence-corrected chi connectivity index (χ1v) is 6.06. The summed E-state index contributed by atoms with van der Waals surface area (Å²) in [5.74, 6) is 1.08. The number of benzene rings is 1. The minimum absolute atomic E-state index is 0.241. The van der Waals surface area contributed by atoms with Crippen LogP contribution in [0.25, 0.3) is 10.9 Å². The molecule has 1 aromatic carbocycles. The monoisotopic (exact) mass is 243 g/mol. The summed E-state index contributed by atoms with van der Waals surface area (Å²) in [5.41, 5.74) is 6.23. The smallest absolute Gasteiger partial charge is 0.121 e. The third kappa shape index (κ3) is 3.45. The van der Waals surface area contributed by atoms with Crippen molar-refractivity contribution in [2.24, 2.45) is 5.73 Å². The molecule has 2 rings (SSSR count). The highest BCUT2D eigenvalue weighted by molar-refractivity contribution is 5.79. The van der Waals surface area contributed by atoms with Gasteiger partial charge in [-0.05, 0) is 31.0 Å². The summed E-state index contributed by atoms with van der Waals surface area (Å²) in [7, 11) is 0. The minimum atomic E-state index is 0.241. The van der Waals surface area contributed by atoms with E-state index in [-0.39, 0.29) is 5.84 Å². The normalized spacial score (nSPS) is 10.4. The molecular weight excluding hydrogens is 226 g/mol. The standard InChI is InChI=1S/C14H17N3O/c15-14(16)5-1-2-9-18-12-7-6-11-4-3-8-17-13(11)10-12/h3-4,6-8,10H,1-2,5,9H2,(H3,15,16). The van der Waals surface area contributed by atoms with Crippen molar-refractivity contribution in [3.63, 3.8) is 0 Å². The van der Waals surface area contributed by atoms with E-state index in [9.17, 15) is 0 Å². The first-order valence-electron chi connectivity index (χ1n) is 6.06. The minimum Gasteiger partial charge on any atom is -0.494 e. The number of hydrogen-bond donors (Lipinski definition) is 2. The second-order valence-corrected chi connectivity index (χ2v) is 4.19. The van der Waals surface area contributed by atoms with Gasteiger partial charge in [-0.1, -0.05) is 6.07 Å². The largest absolute Gasteiger partial charge is 0.494 e. The predicted molar refractivity (Wildman–Crippen MR) is 73.0 cm³/mol. The van der Waals surface area contributed by atoms with Gasteiger partial charge < -0.3 is 10.5 Å². The van der Waals surface area contributed by atoms with Crippen LogP contribution in [0.3, 0.4) is 0 Å². The molecule has 0 amide bonds. The average Bonchev–Trinajstić information content (AvgIpc) is 2.38. The highest BCUT2D eigenvalue weighted by Gasteiger charge is 1.98. The van der Waals surface area contributed by atoms with Gasteiger partial charge in [-0.25, -0.2) is 0 Å². The van der Waals surface area contributed by atoms with Crippen LogP contribution in [0.2, 0.25) is 0 Å². The van der Waals surface area contributed by atoms with E-state index in [2.05, 4.69) is 4.98 Å². The van der Waals surface area contributed by atoms with E-state index in [1.807, 2.05) is 30.3 Å². The quantitative estimate of drug-likeness (QED) is 0.465. The number of nitrogens with zero attached hydrogens (tertiary/aromatic N) is 1. The van der Waals surface area contributed by atoms with Gasteiger partial charge in [0.1, 0.15) is 5.75 Å². The number of amidine groups is 1. The fourth-order valence-corrected chi connectivity index (χ4v) is 1.74. The van der Waals surface area contributed by atoms with E-state index in [0.29, 0.717) is 13.0 Å². The zero-order chi connectivity index (χ0) is 12.8. The number of nitrogens with two attached hydrogens (primary N) is 1. The van der Waals surface area contributed by atoms with Crippen LogP contribution in [0.5, 0.6) is 5.75 Å². The zero-order valence-electron chi connectivity index (χ0n) is 10.2. The lowest BCUT2D eigenvalue weighted by atomic mass is 10.2. The maximum atomic E-state index is 7.11. The number of hydrogen-bond acceptors (Lipinski definition) is 3. The predicted octanol–water partition coefficient (Wildman–Crippen LogP) is 2.72. The van der Waals surface area contributed by atoms with Gasteiger partial charge in [-0.3, -0.25) is 10.4 Å². The Bertz CT molecular complexity index is 539. The molecule has 0 saturated carbocycles. The van der Waals surface area contributed by atoms with Gasteiger partial charge >= 0.3 is 0 Å². The SMILES string of the molecule is N=C(N)CCCCOc1ccc2cccnc2c1. The topological polar surface area (TPSA) is 72.0 Å². The van der Waals surface area contributed by atoms with Crippen molar-refractivity contribution in [1.29, 1.82) is 5.41 Å². The molecule has 0 atom stereocenters. The maximum absolute atomic E-state index is 7.11. The molecule has 0 fully saturated rings. The molecule has 18 heavy (non-hydrogen) atoms. The number of unbranched alkanes of at least 4 members (excludes halogenated alkanes) is 1. The Morgan fingerprint density at radius 3 is 3.00 bits per heavy atom. The van der Waals surface area contributed by atoms with Crippen molar-refractivity contribution in [3.8, 4) is 5.75 Å². The second-order valence-electron chi connectivity index (χ2n) is 4.19. The summed E-state index contributed by atoms with van der Waals surface area (Å²) < 4.78 is 5.64. The van der Waals surface area contributed by atoms with Crippen molar-refractivity contribution in [2.45, 2.75) is 19.3 Å². The first-order chi connectivity index (χ1) is 8.75. The summed E-state index contributed by atoms with van der Waals surface area (Å²) in [5, 5.41) is 8.23. The second kappa shape index (κ2) is 6.00. The Balaban J connectivity index is 1.86. The summed E-state index contributed by atoms with van der Waals surface area (Å²) >= 11 is 0. The average molecular weight is 243 g/mol. The van der Waals surface area contributed by atoms with Crippen LogP contribution in [0.15, 0.2) is 36.5 Å². The zero-order valence-corrected chi connectivity index (χ0v) is 10.2. The Morgan fingerprint density at radius 2 is 2.17 bits per heavy atom. The van der Waals surface area contributed by atoms with Gasteiger partial charge in [0.2, 0.25) is 0 Å². The van der Waals surface area contributed by atoms with E-state index >= 15 is 0 Å². The molecule has 94 valence electrons. The van der Waals surface area contributed by atoms with E-state index in [1.54, 1.807) is 6.20 Å². The molecule has 3 N–H and O–H groups in total. The van der Waals surface area contributed by atoms with Crippen molar-refractivity contribution < 1.29 is 4.74 Å². The molecule has 4 nitrogen and oxygen atoms in total. The Kier molecular flexibility index (Phi) is 4.12. The van der Waals surface area contributed by atoms with E-state index in [1.165, 1.54) is 0 Å². The molecule has 1 aromatic heterocycles. The van der Waals surface area contributed by atoms with Crippen LogP contribution in [-0.4, -0.2) is 17.4 Å². The van der Waals surface area contributed by atoms with Crippen molar-refractivity contribution >= 4 is 16.7 Å². The van der Waals surface area contributed by atoms with Crippen LogP contribution >= 0.6 is 0 Å². The van der Waals surface area contributed by atoms with Crippen LogP contribution in [0.1, 0.15) is 19.3 Å². The fourth-order valence-electron chi connectivity index (χ4n) is 1.74. The van der Waals surface area contributed by atoms with Gasteiger partial charge in [-0.15, -0.1) is 0 Å². The van der Waals surface area contributed by atoms with Crippen LogP contribution in [0.4, 0.5) is 0 Å². The first kappa shape index (κ1) is 12.4. The third-order valence-electron chi connectivity index (χ3n) is 2.69. The van der Waals surface area contributed by atoms with E-state index in [4.69, 9.17) is 15.9 Å². The molecule has 0 unspecified atom stereocenters. The number of nitrogens with one attached hydrogen (secondary N) is 1. The number of aromatic nitrogens is 1. The fraction of sp³-hybridized carbons (Fsp3) is 0.286.